The number of carbonyl (C=O) groups is 1. The van der Waals surface area contributed by atoms with Crippen molar-refractivity contribution >= 4 is 11.9 Å². The van der Waals surface area contributed by atoms with Crippen LogP contribution in [0.25, 0.3) is 0 Å². The summed E-state index contributed by atoms with van der Waals surface area (Å²) >= 11 is 0. The Kier molecular flexibility index (Phi) is 2.39. The summed E-state index contributed by atoms with van der Waals surface area (Å²) in [5, 5.41) is 10.4. The zero-order valence-corrected chi connectivity index (χ0v) is 9.61. The number of nitrogens with one attached hydrogen (secondary N) is 1. The van der Waals surface area contributed by atoms with E-state index < -0.39 is 5.41 Å². The summed E-state index contributed by atoms with van der Waals surface area (Å²) in [6, 6.07) is 0.205. The van der Waals surface area contributed by atoms with E-state index in [1.54, 1.807) is 0 Å². The lowest BCUT2D eigenvalue weighted by atomic mass is 9.68. The first-order valence-electron chi connectivity index (χ1n) is 6.08. The first-order chi connectivity index (χ1) is 8.23. The second kappa shape index (κ2) is 3.80. The van der Waals surface area contributed by atoms with Crippen LogP contribution in [0.3, 0.4) is 0 Å². The summed E-state index contributed by atoms with van der Waals surface area (Å²) in [5.74, 6) is 0.952. The van der Waals surface area contributed by atoms with E-state index in [0.717, 1.165) is 32.1 Å². The van der Waals surface area contributed by atoms with Crippen molar-refractivity contribution in [2.45, 2.75) is 38.0 Å². The summed E-state index contributed by atoms with van der Waals surface area (Å²) in [5.41, 5.74) is 5.25. The standard InChI is InChI=1S/C11H16N4O2/c12-6-11(4-1-5-11)9(16)13-10-15-14-8(17-10)7-2-3-7/h7H,1-6,12H2,(H,13,15,16). The maximum atomic E-state index is 12.0. The zero-order valence-electron chi connectivity index (χ0n) is 9.61. The monoisotopic (exact) mass is 236 g/mol. The van der Waals surface area contributed by atoms with Crippen molar-refractivity contribution in [1.29, 1.82) is 0 Å². The third kappa shape index (κ3) is 1.82. The molecule has 1 aromatic rings. The summed E-state index contributed by atoms with van der Waals surface area (Å²) in [7, 11) is 0. The van der Waals surface area contributed by atoms with Crippen molar-refractivity contribution in [3.05, 3.63) is 5.89 Å². The molecule has 2 fully saturated rings. The Balaban J connectivity index is 1.66. The van der Waals surface area contributed by atoms with Gasteiger partial charge in [0.25, 0.3) is 0 Å². The quantitative estimate of drug-likeness (QED) is 0.813. The molecule has 0 aliphatic heterocycles. The Hall–Kier alpha value is -1.43. The molecule has 1 heterocycles. The molecule has 1 aromatic heterocycles. The molecule has 2 aliphatic carbocycles. The van der Waals surface area contributed by atoms with Gasteiger partial charge in [-0.25, -0.2) is 0 Å². The van der Waals surface area contributed by atoms with Gasteiger partial charge in [0, 0.05) is 12.5 Å². The van der Waals surface area contributed by atoms with Crippen LogP contribution >= 0.6 is 0 Å². The minimum atomic E-state index is -0.409. The number of hydrogen-bond donors (Lipinski definition) is 2. The van der Waals surface area contributed by atoms with Gasteiger partial charge in [0.15, 0.2) is 0 Å². The lowest BCUT2D eigenvalue weighted by molar-refractivity contribution is -0.129. The maximum Gasteiger partial charge on any atom is 0.322 e. The number of nitrogens with zero attached hydrogens (tertiary/aromatic N) is 2. The highest BCUT2D eigenvalue weighted by Crippen LogP contribution is 2.42. The van der Waals surface area contributed by atoms with Gasteiger partial charge in [0.05, 0.1) is 5.41 Å². The minimum Gasteiger partial charge on any atom is -0.408 e. The molecule has 0 aromatic carbocycles. The molecule has 0 saturated heterocycles. The van der Waals surface area contributed by atoms with E-state index in [2.05, 4.69) is 15.5 Å². The Bertz CT molecular complexity index is 429. The van der Waals surface area contributed by atoms with Crippen LogP contribution in [0.15, 0.2) is 4.42 Å². The van der Waals surface area contributed by atoms with Crippen LogP contribution in [0.2, 0.25) is 0 Å². The topological polar surface area (TPSA) is 94.0 Å². The Morgan fingerprint density at radius 2 is 2.24 bits per heavy atom. The van der Waals surface area contributed by atoms with Gasteiger partial charge < -0.3 is 10.2 Å². The number of amides is 1. The molecule has 0 bridgehead atoms. The smallest absolute Gasteiger partial charge is 0.322 e. The molecule has 3 rings (SSSR count). The van der Waals surface area contributed by atoms with Crippen LogP contribution in [0.1, 0.15) is 43.9 Å². The van der Waals surface area contributed by atoms with Gasteiger partial charge in [0.1, 0.15) is 0 Å². The molecule has 92 valence electrons. The predicted octanol–water partition coefficient (Wildman–Crippen LogP) is 1.01. The largest absolute Gasteiger partial charge is 0.408 e. The predicted molar refractivity (Wildman–Crippen MR) is 60.2 cm³/mol. The fourth-order valence-corrected chi connectivity index (χ4v) is 2.14. The molecule has 6 heteroatoms. The van der Waals surface area contributed by atoms with Crippen molar-refractivity contribution in [2.24, 2.45) is 11.1 Å². The van der Waals surface area contributed by atoms with Gasteiger partial charge in [-0.15, -0.1) is 5.10 Å². The van der Waals surface area contributed by atoms with Crippen LogP contribution in [-0.2, 0) is 4.79 Å². The number of hydrogen-bond acceptors (Lipinski definition) is 5. The van der Waals surface area contributed by atoms with Gasteiger partial charge in [-0.2, -0.15) is 0 Å². The average molecular weight is 236 g/mol. The lowest BCUT2D eigenvalue weighted by Gasteiger charge is -2.38. The van der Waals surface area contributed by atoms with Crippen LogP contribution < -0.4 is 11.1 Å². The van der Waals surface area contributed by atoms with Crippen molar-refractivity contribution in [3.63, 3.8) is 0 Å². The van der Waals surface area contributed by atoms with Crippen molar-refractivity contribution < 1.29 is 9.21 Å². The molecule has 3 N–H and O–H groups in total. The second-order valence-electron chi connectivity index (χ2n) is 5.01. The van der Waals surface area contributed by atoms with E-state index in [0.29, 0.717) is 18.4 Å². The van der Waals surface area contributed by atoms with E-state index in [9.17, 15) is 4.79 Å². The van der Waals surface area contributed by atoms with Crippen molar-refractivity contribution in [2.75, 3.05) is 11.9 Å². The number of carbonyl (C=O) groups excluding carboxylic acids is 1. The molecule has 0 spiro atoms. The maximum absolute atomic E-state index is 12.0. The number of rotatable bonds is 4. The molecule has 1 amide bonds. The highest BCUT2D eigenvalue weighted by molar-refractivity contribution is 5.94. The summed E-state index contributed by atoms with van der Waals surface area (Å²) in [6.07, 6.45) is 4.95. The van der Waals surface area contributed by atoms with Crippen LogP contribution in [0.5, 0.6) is 0 Å². The highest BCUT2D eigenvalue weighted by atomic mass is 16.4. The van der Waals surface area contributed by atoms with Crippen LogP contribution in [-0.4, -0.2) is 22.6 Å². The molecule has 2 aliphatic rings. The number of anilines is 1. The SMILES string of the molecule is NCC1(C(=O)Nc2nnc(C3CC3)o2)CCC1. The minimum absolute atomic E-state index is 0.0859. The third-order valence-corrected chi connectivity index (χ3v) is 3.77. The molecule has 2 saturated carbocycles. The Labute approximate surface area is 99.0 Å². The summed E-state index contributed by atoms with van der Waals surface area (Å²) < 4.78 is 5.39. The molecule has 6 nitrogen and oxygen atoms in total. The number of nitrogens with two attached hydrogens (primary N) is 1. The zero-order chi connectivity index (χ0) is 11.9. The molecular weight excluding hydrogens is 220 g/mol. The number of aromatic nitrogens is 2. The summed E-state index contributed by atoms with van der Waals surface area (Å²) in [4.78, 5) is 12.0. The molecule has 0 radical (unpaired) electrons. The Morgan fingerprint density at radius 3 is 2.76 bits per heavy atom. The normalized spacial score (nSPS) is 21.9. The first kappa shape index (κ1) is 10.7. The fraction of sp³-hybridized carbons (Fsp3) is 0.727. The van der Waals surface area contributed by atoms with Gasteiger partial charge in [0.2, 0.25) is 11.8 Å². The van der Waals surface area contributed by atoms with Gasteiger partial charge >= 0.3 is 6.01 Å². The van der Waals surface area contributed by atoms with E-state index >= 15 is 0 Å². The fourth-order valence-electron chi connectivity index (χ4n) is 2.14. The molecule has 17 heavy (non-hydrogen) atoms. The second-order valence-corrected chi connectivity index (χ2v) is 5.01. The van der Waals surface area contributed by atoms with Gasteiger partial charge in [-0.05, 0) is 25.7 Å². The average Bonchev–Trinajstić information content (AvgIpc) is 3.00. The van der Waals surface area contributed by atoms with E-state index in [-0.39, 0.29) is 11.9 Å². The van der Waals surface area contributed by atoms with Crippen LogP contribution in [0.4, 0.5) is 6.01 Å². The Morgan fingerprint density at radius 1 is 1.47 bits per heavy atom. The van der Waals surface area contributed by atoms with E-state index in [1.165, 1.54) is 0 Å². The van der Waals surface area contributed by atoms with Gasteiger partial charge in [-0.1, -0.05) is 11.5 Å². The summed E-state index contributed by atoms with van der Waals surface area (Å²) in [6.45, 7) is 0.377. The van der Waals surface area contributed by atoms with E-state index in [4.69, 9.17) is 10.2 Å². The van der Waals surface area contributed by atoms with Crippen molar-refractivity contribution in [3.8, 4) is 0 Å². The third-order valence-electron chi connectivity index (χ3n) is 3.77. The van der Waals surface area contributed by atoms with Gasteiger partial charge in [-0.3, -0.25) is 10.1 Å². The van der Waals surface area contributed by atoms with Crippen LogP contribution in [0, 0.1) is 5.41 Å². The molecular formula is C11H16N4O2. The molecule has 0 atom stereocenters. The first-order valence-corrected chi connectivity index (χ1v) is 6.08. The lowest BCUT2D eigenvalue weighted by Crippen LogP contribution is -2.47. The highest BCUT2D eigenvalue weighted by Gasteiger charge is 2.43. The van der Waals surface area contributed by atoms with Crippen molar-refractivity contribution in [1.82, 2.24) is 10.2 Å². The van der Waals surface area contributed by atoms with E-state index in [1.807, 2.05) is 0 Å². The molecule has 0 unspecified atom stereocenters.